The van der Waals surface area contributed by atoms with Gasteiger partial charge in [0.05, 0.1) is 39.9 Å². The van der Waals surface area contributed by atoms with Gasteiger partial charge in [0.15, 0.2) is 0 Å². The van der Waals surface area contributed by atoms with Crippen LogP contribution in [0.4, 0.5) is 0 Å². The third-order valence-corrected chi connectivity index (χ3v) is 10.5. The van der Waals surface area contributed by atoms with Crippen molar-refractivity contribution in [2.45, 2.75) is 193 Å². The second kappa shape index (κ2) is 31.9. The van der Waals surface area contributed by atoms with E-state index in [2.05, 4.69) is 13.8 Å². The minimum atomic E-state index is -4.34. The van der Waals surface area contributed by atoms with Gasteiger partial charge in [-0.3, -0.25) is 13.8 Å². The molecule has 8 nitrogen and oxygen atoms in total. The molecule has 0 spiro atoms. The van der Waals surface area contributed by atoms with Crippen molar-refractivity contribution in [2.24, 2.45) is 0 Å². The molecule has 0 heterocycles. The fourth-order valence-corrected chi connectivity index (χ4v) is 6.75. The van der Waals surface area contributed by atoms with E-state index in [-0.39, 0.29) is 19.1 Å². The molecule has 0 aliphatic rings. The minimum absolute atomic E-state index is 0.0666. The molecular weight excluding hydrogens is 635 g/mol. The first-order valence-electron chi connectivity index (χ1n) is 20.5. The van der Waals surface area contributed by atoms with Gasteiger partial charge in [0.1, 0.15) is 13.2 Å². The maximum absolute atomic E-state index is 13.2. The number of hydrogen-bond donors (Lipinski definition) is 2. The van der Waals surface area contributed by atoms with Crippen molar-refractivity contribution < 1.29 is 32.9 Å². The number of phosphoric ester groups is 1. The second-order valence-electron chi connectivity index (χ2n) is 15.4. The molecule has 0 saturated carbocycles. The number of carbonyl (C=O) groups is 1. The predicted molar refractivity (Wildman–Crippen MR) is 208 cm³/mol. The smallest absolute Gasteiger partial charge is 0.387 e. The molecule has 0 aliphatic heterocycles. The molecule has 49 heavy (non-hydrogen) atoms. The highest BCUT2D eigenvalue weighted by molar-refractivity contribution is 7.47. The summed E-state index contributed by atoms with van der Waals surface area (Å²) < 4.78 is 23.7. The maximum atomic E-state index is 13.2. The van der Waals surface area contributed by atoms with Crippen molar-refractivity contribution in [1.29, 1.82) is 0 Å². The monoisotopic (exact) mass is 718 g/mol. The third kappa shape index (κ3) is 31.7. The Labute approximate surface area is 304 Å². The summed E-state index contributed by atoms with van der Waals surface area (Å²) in [4.78, 5) is 24.9. The Kier molecular flexibility index (Phi) is 31.4. The van der Waals surface area contributed by atoms with Crippen LogP contribution in [0.5, 0.6) is 0 Å². The lowest BCUT2D eigenvalue weighted by Gasteiger charge is -2.31. The fourth-order valence-electron chi connectivity index (χ4n) is 6.02. The quantitative estimate of drug-likeness (QED) is 0.0290. The van der Waals surface area contributed by atoms with Crippen molar-refractivity contribution in [1.82, 2.24) is 4.90 Å². The van der Waals surface area contributed by atoms with Crippen LogP contribution >= 0.6 is 7.82 Å². The predicted octanol–water partition coefficient (Wildman–Crippen LogP) is 10.8. The SMILES string of the molecule is CCCCCCCCCCCCC/C=C/[C@@H](O)[C@H](COP(=O)(O)OCC[N+](C)(C)C)N(C)C(=O)CCCCCCCCCCCCCCC. The van der Waals surface area contributed by atoms with Crippen molar-refractivity contribution >= 4 is 13.7 Å². The number of aliphatic hydroxyl groups is 1. The molecule has 9 heteroatoms. The number of carbonyl (C=O) groups excluding carboxylic acids is 1. The number of amides is 1. The summed E-state index contributed by atoms with van der Waals surface area (Å²) in [7, 11) is 3.23. The van der Waals surface area contributed by atoms with Crippen LogP contribution < -0.4 is 0 Å². The molecule has 0 fully saturated rings. The Hall–Kier alpha value is -0.760. The lowest BCUT2D eigenvalue weighted by molar-refractivity contribution is -0.870. The number of quaternary nitrogens is 1. The van der Waals surface area contributed by atoms with Gasteiger partial charge in [-0.1, -0.05) is 167 Å². The molecule has 0 aromatic rings. The molecule has 0 aliphatic carbocycles. The Balaban J connectivity index is 4.66. The van der Waals surface area contributed by atoms with E-state index in [1.165, 1.54) is 133 Å². The second-order valence-corrected chi connectivity index (χ2v) is 16.9. The van der Waals surface area contributed by atoms with Crippen molar-refractivity contribution in [3.63, 3.8) is 0 Å². The first-order valence-corrected chi connectivity index (χ1v) is 22.0. The summed E-state index contributed by atoms with van der Waals surface area (Å²) in [5.41, 5.74) is 0. The van der Waals surface area contributed by atoms with Gasteiger partial charge in [-0.15, -0.1) is 0 Å². The van der Waals surface area contributed by atoms with E-state index in [0.717, 1.165) is 32.1 Å². The van der Waals surface area contributed by atoms with Crippen LogP contribution in [0.2, 0.25) is 0 Å². The van der Waals surface area contributed by atoms with Crippen molar-refractivity contribution in [2.75, 3.05) is 47.9 Å². The Morgan fingerprint density at radius 3 is 1.53 bits per heavy atom. The van der Waals surface area contributed by atoms with Crippen molar-refractivity contribution in [3.05, 3.63) is 12.2 Å². The Bertz CT molecular complexity index is 834. The van der Waals surface area contributed by atoms with Crippen molar-refractivity contribution in [3.8, 4) is 0 Å². The maximum Gasteiger partial charge on any atom is 0.472 e. The highest BCUT2D eigenvalue weighted by Crippen LogP contribution is 2.43. The van der Waals surface area contributed by atoms with Crippen LogP contribution in [0.1, 0.15) is 181 Å². The van der Waals surface area contributed by atoms with Gasteiger partial charge in [-0.2, -0.15) is 0 Å². The highest BCUT2D eigenvalue weighted by Gasteiger charge is 2.30. The number of rotatable bonds is 36. The van der Waals surface area contributed by atoms with E-state index in [1.807, 2.05) is 27.2 Å². The molecule has 0 rings (SSSR count). The number of aliphatic hydroxyl groups excluding tert-OH is 1. The first-order chi connectivity index (χ1) is 23.4. The Morgan fingerprint density at radius 1 is 0.694 bits per heavy atom. The third-order valence-electron chi connectivity index (χ3n) is 9.51. The summed E-state index contributed by atoms with van der Waals surface area (Å²) in [6, 6.07) is -0.787. The summed E-state index contributed by atoms with van der Waals surface area (Å²) in [5, 5.41) is 11.1. The Morgan fingerprint density at radius 2 is 1.10 bits per heavy atom. The lowest BCUT2D eigenvalue weighted by Crippen LogP contribution is -2.46. The summed E-state index contributed by atoms with van der Waals surface area (Å²) in [6.45, 7) is 4.83. The minimum Gasteiger partial charge on any atom is -0.387 e. The molecule has 3 atom stereocenters. The molecule has 0 saturated heterocycles. The number of hydrogen-bond acceptors (Lipinski definition) is 5. The van der Waals surface area contributed by atoms with Gasteiger partial charge in [-0.25, -0.2) is 4.57 Å². The van der Waals surface area contributed by atoms with Gasteiger partial charge in [0.2, 0.25) is 5.91 Å². The number of unbranched alkanes of at least 4 members (excludes halogenated alkanes) is 23. The molecular formula is C40H82N2O6P+. The van der Waals surface area contributed by atoms with Gasteiger partial charge >= 0.3 is 7.82 Å². The largest absolute Gasteiger partial charge is 0.472 e. The van der Waals surface area contributed by atoms with E-state index in [0.29, 0.717) is 17.4 Å². The fraction of sp³-hybridized carbons (Fsp3) is 0.925. The standard InChI is InChI=1S/C40H81N2O6P/c1-7-9-11-13-15-17-19-21-23-25-27-29-31-33-39(43)38(37-48-49(45,46)47-36-35-42(4,5)6)41(3)40(44)34-32-30-28-26-24-22-20-18-16-14-12-10-8-2/h31,33,38-39,43H,7-30,32,34-37H2,1-6H3/p+1/b33-31+/t38-,39+/m0/s1. The zero-order valence-electron chi connectivity index (χ0n) is 33.2. The molecule has 2 N–H and O–H groups in total. The van der Waals surface area contributed by atoms with Gasteiger partial charge in [0, 0.05) is 13.5 Å². The average Bonchev–Trinajstić information content (AvgIpc) is 3.04. The van der Waals surface area contributed by atoms with Crippen LogP contribution in [0.25, 0.3) is 0 Å². The number of nitrogens with zero attached hydrogens (tertiary/aromatic N) is 2. The van der Waals surface area contributed by atoms with E-state index < -0.39 is 20.0 Å². The summed E-state index contributed by atoms with van der Waals surface area (Å²) >= 11 is 0. The molecule has 1 unspecified atom stereocenters. The molecule has 0 aromatic carbocycles. The van der Waals surface area contributed by atoms with Gasteiger partial charge in [-0.05, 0) is 19.3 Å². The average molecular weight is 718 g/mol. The van der Waals surface area contributed by atoms with Crippen LogP contribution in [-0.4, -0.2) is 85.4 Å². The molecule has 292 valence electrons. The zero-order chi connectivity index (χ0) is 36.6. The van der Waals surface area contributed by atoms with Crippen LogP contribution in [-0.2, 0) is 18.4 Å². The lowest BCUT2D eigenvalue weighted by atomic mass is 10.0. The topological polar surface area (TPSA) is 96.3 Å². The molecule has 0 aromatic heterocycles. The highest BCUT2D eigenvalue weighted by atomic mass is 31.2. The summed E-state index contributed by atoms with van der Waals surface area (Å²) in [5.74, 6) is -0.0896. The molecule has 1 amide bonds. The van der Waals surface area contributed by atoms with Gasteiger partial charge < -0.3 is 19.4 Å². The van der Waals surface area contributed by atoms with Crippen LogP contribution in [0.3, 0.4) is 0 Å². The van der Waals surface area contributed by atoms with E-state index in [4.69, 9.17) is 9.05 Å². The van der Waals surface area contributed by atoms with E-state index >= 15 is 0 Å². The van der Waals surface area contributed by atoms with Crippen LogP contribution in [0, 0.1) is 0 Å². The van der Waals surface area contributed by atoms with E-state index in [9.17, 15) is 19.4 Å². The van der Waals surface area contributed by atoms with Crippen LogP contribution in [0.15, 0.2) is 12.2 Å². The normalized spacial score (nSPS) is 14.7. The summed E-state index contributed by atoms with van der Waals surface area (Å²) in [6.07, 6.45) is 34.2. The van der Waals surface area contributed by atoms with E-state index in [1.54, 1.807) is 13.1 Å². The van der Waals surface area contributed by atoms with Gasteiger partial charge in [0.25, 0.3) is 0 Å². The zero-order valence-corrected chi connectivity index (χ0v) is 34.1. The number of allylic oxidation sites excluding steroid dienone is 1. The molecule has 0 bridgehead atoms. The number of phosphoric acid groups is 1. The molecule has 0 radical (unpaired) electrons. The number of likely N-dealkylation sites (N-methyl/N-ethyl adjacent to an activating group) is 2. The first kappa shape index (κ1) is 48.2.